The summed E-state index contributed by atoms with van der Waals surface area (Å²) in [6.45, 7) is 1.38. The van der Waals surface area contributed by atoms with Crippen LogP contribution in [-0.4, -0.2) is 46.7 Å². The summed E-state index contributed by atoms with van der Waals surface area (Å²) in [5.74, 6) is -0.0475. The molecule has 0 unspecified atom stereocenters. The van der Waals surface area contributed by atoms with E-state index in [4.69, 9.17) is 4.74 Å². The molecule has 0 atom stereocenters. The number of rotatable bonds is 3. The third kappa shape index (κ3) is 2.87. The van der Waals surface area contributed by atoms with Crippen molar-refractivity contribution >= 4 is 16.8 Å². The molecule has 0 N–H and O–H groups in total. The predicted molar refractivity (Wildman–Crippen MR) is 82.6 cm³/mol. The van der Waals surface area contributed by atoms with Gasteiger partial charge in [-0.25, -0.2) is 4.98 Å². The zero-order valence-electron chi connectivity index (χ0n) is 12.6. The van der Waals surface area contributed by atoms with Crippen LogP contribution in [0, 0.1) is 0 Å². The van der Waals surface area contributed by atoms with Crippen molar-refractivity contribution < 1.29 is 9.53 Å². The van der Waals surface area contributed by atoms with E-state index >= 15 is 0 Å². The second kappa shape index (κ2) is 6.27. The van der Waals surface area contributed by atoms with Gasteiger partial charge in [-0.1, -0.05) is 12.1 Å². The molecule has 1 aromatic carbocycles. The SMILES string of the molecule is COC1CCN(C(=O)Cn2cnc3ccccc3c2=O)CC1. The van der Waals surface area contributed by atoms with E-state index in [1.807, 2.05) is 6.07 Å². The maximum atomic E-state index is 12.4. The third-order valence-electron chi connectivity index (χ3n) is 4.17. The lowest BCUT2D eigenvalue weighted by atomic mass is 10.1. The molecule has 1 aromatic heterocycles. The van der Waals surface area contributed by atoms with Crippen molar-refractivity contribution in [3.8, 4) is 0 Å². The summed E-state index contributed by atoms with van der Waals surface area (Å²) in [5.41, 5.74) is 0.475. The molecule has 2 heterocycles. The van der Waals surface area contributed by atoms with Gasteiger partial charge in [0, 0.05) is 20.2 Å². The van der Waals surface area contributed by atoms with E-state index in [2.05, 4.69) is 4.98 Å². The first-order valence-electron chi connectivity index (χ1n) is 7.44. The average Bonchev–Trinajstić information content (AvgIpc) is 2.57. The first-order valence-corrected chi connectivity index (χ1v) is 7.44. The highest BCUT2D eigenvalue weighted by Crippen LogP contribution is 2.13. The molecule has 1 aliphatic rings. The minimum absolute atomic E-state index is 0.0360. The average molecular weight is 301 g/mol. The van der Waals surface area contributed by atoms with Gasteiger partial charge in [-0.3, -0.25) is 14.2 Å². The molecule has 1 fully saturated rings. The van der Waals surface area contributed by atoms with Crippen molar-refractivity contribution in [2.24, 2.45) is 0 Å². The summed E-state index contributed by atoms with van der Waals surface area (Å²) in [6, 6.07) is 7.16. The number of aromatic nitrogens is 2. The van der Waals surface area contributed by atoms with Crippen LogP contribution in [-0.2, 0) is 16.1 Å². The molecule has 0 radical (unpaired) electrons. The number of carbonyl (C=O) groups excluding carboxylic acids is 1. The van der Waals surface area contributed by atoms with Gasteiger partial charge in [0.05, 0.1) is 23.3 Å². The van der Waals surface area contributed by atoms with Crippen LogP contribution in [0.2, 0.25) is 0 Å². The number of hydrogen-bond donors (Lipinski definition) is 0. The van der Waals surface area contributed by atoms with E-state index in [9.17, 15) is 9.59 Å². The fourth-order valence-corrected chi connectivity index (χ4v) is 2.81. The maximum Gasteiger partial charge on any atom is 0.261 e. The van der Waals surface area contributed by atoms with Crippen LogP contribution < -0.4 is 5.56 Å². The van der Waals surface area contributed by atoms with E-state index in [-0.39, 0.29) is 24.1 Å². The molecule has 22 heavy (non-hydrogen) atoms. The van der Waals surface area contributed by atoms with Crippen LogP contribution in [0.4, 0.5) is 0 Å². The van der Waals surface area contributed by atoms with Crippen molar-refractivity contribution in [1.82, 2.24) is 14.5 Å². The predicted octanol–water partition coefficient (Wildman–Crippen LogP) is 1.03. The minimum Gasteiger partial charge on any atom is -0.381 e. The second-order valence-corrected chi connectivity index (χ2v) is 5.51. The van der Waals surface area contributed by atoms with Gasteiger partial charge < -0.3 is 9.64 Å². The van der Waals surface area contributed by atoms with Gasteiger partial charge in [0.15, 0.2) is 0 Å². The standard InChI is InChI=1S/C16H19N3O3/c1-22-12-6-8-18(9-7-12)15(20)10-19-11-17-14-5-3-2-4-13(14)16(19)21/h2-5,11-12H,6-10H2,1H3. The quantitative estimate of drug-likeness (QED) is 0.849. The molecule has 6 heteroatoms. The Balaban J connectivity index is 1.75. The molecule has 0 bridgehead atoms. The van der Waals surface area contributed by atoms with Crippen molar-refractivity contribution in [2.45, 2.75) is 25.5 Å². The first kappa shape index (κ1) is 14.7. The fraction of sp³-hybridized carbons (Fsp3) is 0.438. The largest absolute Gasteiger partial charge is 0.381 e. The third-order valence-corrected chi connectivity index (χ3v) is 4.17. The summed E-state index contributed by atoms with van der Waals surface area (Å²) >= 11 is 0. The molecule has 1 saturated heterocycles. The van der Waals surface area contributed by atoms with Crippen LogP contribution >= 0.6 is 0 Å². The zero-order valence-corrected chi connectivity index (χ0v) is 12.6. The molecule has 0 aliphatic carbocycles. The Bertz CT molecular complexity index is 733. The van der Waals surface area contributed by atoms with Crippen LogP contribution in [0.15, 0.2) is 35.4 Å². The van der Waals surface area contributed by atoms with Crippen molar-refractivity contribution in [3.05, 3.63) is 40.9 Å². The number of likely N-dealkylation sites (tertiary alicyclic amines) is 1. The highest BCUT2D eigenvalue weighted by Gasteiger charge is 2.22. The number of piperidine rings is 1. The number of fused-ring (bicyclic) bond motifs is 1. The van der Waals surface area contributed by atoms with Gasteiger partial charge in [0.2, 0.25) is 5.91 Å². The Morgan fingerprint density at radius 1 is 1.32 bits per heavy atom. The molecule has 0 spiro atoms. The fourth-order valence-electron chi connectivity index (χ4n) is 2.81. The number of amides is 1. The Labute approximate surface area is 128 Å². The first-order chi connectivity index (χ1) is 10.7. The highest BCUT2D eigenvalue weighted by atomic mass is 16.5. The molecular weight excluding hydrogens is 282 g/mol. The Morgan fingerprint density at radius 2 is 2.05 bits per heavy atom. The number of para-hydroxylation sites is 1. The highest BCUT2D eigenvalue weighted by molar-refractivity contribution is 5.79. The van der Waals surface area contributed by atoms with Crippen LogP contribution in [0.3, 0.4) is 0 Å². The summed E-state index contributed by atoms with van der Waals surface area (Å²) in [4.78, 5) is 30.8. The van der Waals surface area contributed by atoms with Gasteiger partial charge in [-0.15, -0.1) is 0 Å². The second-order valence-electron chi connectivity index (χ2n) is 5.51. The summed E-state index contributed by atoms with van der Waals surface area (Å²) in [6.07, 6.45) is 3.36. The number of benzene rings is 1. The van der Waals surface area contributed by atoms with E-state index in [1.165, 1.54) is 10.9 Å². The molecule has 2 aromatic rings. The number of hydrogen-bond acceptors (Lipinski definition) is 4. The van der Waals surface area contributed by atoms with Gasteiger partial charge in [-0.2, -0.15) is 0 Å². The van der Waals surface area contributed by atoms with Gasteiger partial charge in [-0.05, 0) is 25.0 Å². The van der Waals surface area contributed by atoms with Crippen molar-refractivity contribution in [1.29, 1.82) is 0 Å². The number of methoxy groups -OCH3 is 1. The van der Waals surface area contributed by atoms with E-state index in [1.54, 1.807) is 30.2 Å². The van der Waals surface area contributed by atoms with Crippen LogP contribution in [0.25, 0.3) is 10.9 Å². The molecule has 1 amide bonds. The number of ether oxygens (including phenoxy) is 1. The van der Waals surface area contributed by atoms with Gasteiger partial charge in [0.1, 0.15) is 6.54 Å². The molecule has 116 valence electrons. The van der Waals surface area contributed by atoms with E-state index in [0.29, 0.717) is 24.0 Å². The smallest absolute Gasteiger partial charge is 0.261 e. The van der Waals surface area contributed by atoms with E-state index in [0.717, 1.165) is 12.8 Å². The summed E-state index contributed by atoms with van der Waals surface area (Å²) in [7, 11) is 1.70. The summed E-state index contributed by atoms with van der Waals surface area (Å²) < 4.78 is 6.68. The van der Waals surface area contributed by atoms with Crippen molar-refractivity contribution in [3.63, 3.8) is 0 Å². The van der Waals surface area contributed by atoms with E-state index < -0.39 is 0 Å². The molecule has 1 aliphatic heterocycles. The lowest BCUT2D eigenvalue weighted by molar-refractivity contribution is -0.134. The Hall–Kier alpha value is -2.21. The topological polar surface area (TPSA) is 64.4 Å². The minimum atomic E-state index is -0.175. The molecule has 0 saturated carbocycles. The maximum absolute atomic E-state index is 12.4. The van der Waals surface area contributed by atoms with Gasteiger partial charge in [0.25, 0.3) is 5.56 Å². The lowest BCUT2D eigenvalue weighted by Gasteiger charge is -2.31. The Morgan fingerprint density at radius 3 is 2.77 bits per heavy atom. The zero-order chi connectivity index (χ0) is 15.5. The molecular formula is C16H19N3O3. The van der Waals surface area contributed by atoms with Gasteiger partial charge >= 0.3 is 0 Å². The molecule has 3 rings (SSSR count). The lowest BCUT2D eigenvalue weighted by Crippen LogP contribution is -2.43. The number of carbonyl (C=O) groups is 1. The van der Waals surface area contributed by atoms with Crippen molar-refractivity contribution in [2.75, 3.05) is 20.2 Å². The van der Waals surface area contributed by atoms with Crippen LogP contribution in [0.5, 0.6) is 0 Å². The normalized spacial score (nSPS) is 16.1. The summed E-state index contributed by atoms with van der Waals surface area (Å²) in [5, 5.41) is 0.538. The van der Waals surface area contributed by atoms with Crippen LogP contribution in [0.1, 0.15) is 12.8 Å². The Kier molecular flexibility index (Phi) is 4.20. The molecule has 6 nitrogen and oxygen atoms in total. The monoisotopic (exact) mass is 301 g/mol. The number of nitrogens with zero attached hydrogens (tertiary/aromatic N) is 3.